The third-order valence-corrected chi connectivity index (χ3v) is 5.12. The zero-order valence-electron chi connectivity index (χ0n) is 15.3. The van der Waals surface area contributed by atoms with Gasteiger partial charge in [0.05, 0.1) is 5.52 Å². The topological polar surface area (TPSA) is 49.8 Å². The van der Waals surface area contributed by atoms with Crippen LogP contribution >= 0.6 is 0 Å². The molecule has 7 heteroatoms. The molecule has 1 fully saturated rings. The van der Waals surface area contributed by atoms with Crippen molar-refractivity contribution in [1.82, 2.24) is 15.3 Å². The number of pyridine rings is 2. The van der Waals surface area contributed by atoms with E-state index in [1.807, 2.05) is 30.3 Å². The van der Waals surface area contributed by atoms with Gasteiger partial charge in [-0.2, -0.15) is 13.2 Å². The minimum absolute atomic E-state index is 0.309. The molecule has 3 aromatic rings. The molecule has 0 saturated carbocycles. The molecule has 1 aliphatic rings. The number of aromatic nitrogens is 2. The van der Waals surface area contributed by atoms with Gasteiger partial charge in [-0.3, -0.25) is 0 Å². The van der Waals surface area contributed by atoms with E-state index in [1.54, 1.807) is 6.20 Å². The Kier molecular flexibility index (Phi) is 5.17. The maximum Gasteiger partial charge on any atom is 0.433 e. The zero-order chi connectivity index (χ0) is 19.6. The summed E-state index contributed by atoms with van der Waals surface area (Å²) >= 11 is 0. The van der Waals surface area contributed by atoms with Gasteiger partial charge in [0.1, 0.15) is 11.5 Å². The molecule has 0 aliphatic carbocycles. The molecule has 4 rings (SSSR count). The van der Waals surface area contributed by atoms with Crippen molar-refractivity contribution in [2.24, 2.45) is 5.92 Å². The van der Waals surface area contributed by atoms with Crippen molar-refractivity contribution >= 4 is 16.7 Å². The smallest absolute Gasteiger partial charge is 0.369 e. The average molecular weight is 386 g/mol. The average Bonchev–Trinajstić information content (AvgIpc) is 2.72. The van der Waals surface area contributed by atoms with Gasteiger partial charge in [-0.1, -0.05) is 30.3 Å². The maximum atomic E-state index is 13.2. The number of piperidine rings is 1. The monoisotopic (exact) mass is 386 g/mol. The number of alkyl halides is 3. The van der Waals surface area contributed by atoms with Gasteiger partial charge in [0.2, 0.25) is 0 Å². The molecule has 3 heterocycles. The summed E-state index contributed by atoms with van der Waals surface area (Å²) in [6.45, 7) is 2.73. The number of anilines is 1. The van der Waals surface area contributed by atoms with E-state index in [9.17, 15) is 13.2 Å². The van der Waals surface area contributed by atoms with Crippen LogP contribution < -0.4 is 10.6 Å². The summed E-state index contributed by atoms with van der Waals surface area (Å²) in [6.07, 6.45) is -0.739. The number of hydrogen-bond acceptors (Lipinski definition) is 4. The lowest BCUT2D eigenvalue weighted by Gasteiger charge is -2.23. The van der Waals surface area contributed by atoms with Crippen molar-refractivity contribution in [2.75, 3.05) is 25.0 Å². The highest BCUT2D eigenvalue weighted by Crippen LogP contribution is 2.34. The van der Waals surface area contributed by atoms with E-state index in [4.69, 9.17) is 0 Å². The Labute approximate surface area is 161 Å². The van der Waals surface area contributed by atoms with Crippen LogP contribution in [0.2, 0.25) is 0 Å². The van der Waals surface area contributed by atoms with Gasteiger partial charge in [-0.05, 0) is 49.5 Å². The molecule has 0 unspecified atom stereocenters. The lowest BCUT2D eigenvalue weighted by Crippen LogP contribution is -2.31. The third kappa shape index (κ3) is 3.94. The molecule has 28 heavy (non-hydrogen) atoms. The first-order valence-electron chi connectivity index (χ1n) is 9.39. The quantitative estimate of drug-likeness (QED) is 0.681. The van der Waals surface area contributed by atoms with Gasteiger partial charge in [0.15, 0.2) is 0 Å². The van der Waals surface area contributed by atoms with Crippen LogP contribution in [0, 0.1) is 5.92 Å². The molecule has 1 aliphatic heterocycles. The van der Waals surface area contributed by atoms with Crippen LogP contribution in [-0.2, 0) is 6.18 Å². The second-order valence-corrected chi connectivity index (χ2v) is 7.05. The third-order valence-electron chi connectivity index (χ3n) is 5.12. The molecule has 4 nitrogen and oxygen atoms in total. The van der Waals surface area contributed by atoms with E-state index in [0.717, 1.165) is 44.1 Å². The Morgan fingerprint density at radius 3 is 2.50 bits per heavy atom. The predicted octanol–water partition coefficient (Wildman–Crippen LogP) is 4.73. The molecule has 2 aromatic heterocycles. The number of nitrogens with one attached hydrogen (secondary N) is 2. The van der Waals surface area contributed by atoms with Gasteiger partial charge < -0.3 is 10.6 Å². The summed E-state index contributed by atoms with van der Waals surface area (Å²) in [6, 6.07) is 11.7. The molecular formula is C21H21F3N4. The van der Waals surface area contributed by atoms with E-state index >= 15 is 0 Å². The molecule has 0 radical (unpaired) electrons. The van der Waals surface area contributed by atoms with Gasteiger partial charge >= 0.3 is 6.18 Å². The fourth-order valence-corrected chi connectivity index (χ4v) is 3.57. The van der Waals surface area contributed by atoms with E-state index in [1.165, 1.54) is 6.07 Å². The van der Waals surface area contributed by atoms with Gasteiger partial charge in [0.25, 0.3) is 0 Å². The summed E-state index contributed by atoms with van der Waals surface area (Å²) in [5.74, 6) is 1.10. The fourth-order valence-electron chi connectivity index (χ4n) is 3.57. The summed E-state index contributed by atoms with van der Waals surface area (Å²) < 4.78 is 39.7. The number of benzene rings is 1. The first-order chi connectivity index (χ1) is 13.5. The minimum Gasteiger partial charge on any atom is -0.369 e. The SMILES string of the molecule is FC(F)(F)c1ccc2c(NCC3CCNCC3)ncc(-c3ccccc3)c2n1. The molecule has 1 aromatic carbocycles. The van der Waals surface area contributed by atoms with E-state index in [-0.39, 0.29) is 0 Å². The van der Waals surface area contributed by atoms with Crippen molar-refractivity contribution in [1.29, 1.82) is 0 Å². The fraction of sp³-hybridized carbons (Fsp3) is 0.333. The molecule has 0 atom stereocenters. The van der Waals surface area contributed by atoms with E-state index < -0.39 is 11.9 Å². The first-order valence-corrected chi connectivity index (χ1v) is 9.39. The van der Waals surface area contributed by atoms with Crippen LogP contribution in [-0.4, -0.2) is 29.6 Å². The minimum atomic E-state index is -4.49. The van der Waals surface area contributed by atoms with Crippen LogP contribution in [0.1, 0.15) is 18.5 Å². The zero-order valence-corrected chi connectivity index (χ0v) is 15.3. The highest BCUT2D eigenvalue weighted by Gasteiger charge is 2.33. The van der Waals surface area contributed by atoms with Crippen molar-refractivity contribution in [3.63, 3.8) is 0 Å². The standard InChI is InChI=1S/C21H21F3N4/c22-21(23,24)18-7-6-16-19(28-18)17(15-4-2-1-3-5-15)13-27-20(16)26-12-14-8-10-25-11-9-14/h1-7,13-14,25H,8-12H2,(H,26,27). The molecule has 146 valence electrons. The van der Waals surface area contributed by atoms with Crippen molar-refractivity contribution in [2.45, 2.75) is 19.0 Å². The summed E-state index contributed by atoms with van der Waals surface area (Å²) in [7, 11) is 0. The van der Waals surface area contributed by atoms with E-state index in [2.05, 4.69) is 20.6 Å². The Morgan fingerprint density at radius 1 is 1.04 bits per heavy atom. The Morgan fingerprint density at radius 2 is 1.79 bits per heavy atom. The summed E-state index contributed by atoms with van der Waals surface area (Å²) in [5, 5.41) is 7.26. The van der Waals surface area contributed by atoms with Crippen LogP contribution in [0.15, 0.2) is 48.7 Å². The molecule has 0 spiro atoms. The molecule has 0 amide bonds. The van der Waals surface area contributed by atoms with Crippen LogP contribution in [0.3, 0.4) is 0 Å². The van der Waals surface area contributed by atoms with Gasteiger partial charge in [-0.25, -0.2) is 9.97 Å². The lowest BCUT2D eigenvalue weighted by molar-refractivity contribution is -0.140. The van der Waals surface area contributed by atoms with Crippen LogP contribution in [0.25, 0.3) is 22.0 Å². The second kappa shape index (κ2) is 7.75. The summed E-state index contributed by atoms with van der Waals surface area (Å²) in [4.78, 5) is 8.47. The maximum absolute atomic E-state index is 13.2. The van der Waals surface area contributed by atoms with Gasteiger partial charge in [0, 0.05) is 23.7 Å². The normalized spacial score (nSPS) is 15.7. The van der Waals surface area contributed by atoms with Crippen LogP contribution in [0.5, 0.6) is 0 Å². The van der Waals surface area contributed by atoms with Crippen molar-refractivity contribution in [3.8, 4) is 11.1 Å². The first kappa shape index (κ1) is 18.7. The lowest BCUT2D eigenvalue weighted by atomic mass is 9.98. The van der Waals surface area contributed by atoms with Gasteiger partial charge in [-0.15, -0.1) is 0 Å². The largest absolute Gasteiger partial charge is 0.433 e. The Bertz CT molecular complexity index is 951. The number of halogens is 3. The van der Waals surface area contributed by atoms with Crippen molar-refractivity contribution < 1.29 is 13.2 Å². The number of fused-ring (bicyclic) bond motifs is 1. The second-order valence-electron chi connectivity index (χ2n) is 7.05. The molecule has 0 bridgehead atoms. The Balaban J connectivity index is 1.75. The highest BCUT2D eigenvalue weighted by atomic mass is 19.4. The Hall–Kier alpha value is -2.67. The van der Waals surface area contributed by atoms with Crippen molar-refractivity contribution in [3.05, 3.63) is 54.4 Å². The number of rotatable bonds is 4. The highest BCUT2D eigenvalue weighted by molar-refractivity contribution is 5.99. The predicted molar refractivity (Wildman–Crippen MR) is 104 cm³/mol. The van der Waals surface area contributed by atoms with E-state index in [0.29, 0.717) is 28.2 Å². The summed E-state index contributed by atoms with van der Waals surface area (Å²) in [5.41, 5.74) is 0.794. The number of hydrogen-bond donors (Lipinski definition) is 2. The number of nitrogens with zero attached hydrogens (tertiary/aromatic N) is 2. The molecule has 1 saturated heterocycles. The van der Waals surface area contributed by atoms with Crippen LogP contribution in [0.4, 0.5) is 19.0 Å². The molecular weight excluding hydrogens is 365 g/mol. The molecule has 2 N–H and O–H groups in total.